The summed E-state index contributed by atoms with van der Waals surface area (Å²) in [7, 11) is 0. The summed E-state index contributed by atoms with van der Waals surface area (Å²) in [6, 6.07) is 3.43. The van der Waals surface area contributed by atoms with E-state index in [4.69, 9.17) is 4.42 Å². The van der Waals surface area contributed by atoms with Crippen LogP contribution < -0.4 is 5.32 Å². The van der Waals surface area contributed by atoms with Crippen molar-refractivity contribution in [3.63, 3.8) is 0 Å². The van der Waals surface area contributed by atoms with Gasteiger partial charge in [0, 0.05) is 43.8 Å². The zero-order valence-corrected chi connectivity index (χ0v) is 12.8. The van der Waals surface area contributed by atoms with Gasteiger partial charge in [0.1, 0.15) is 5.76 Å². The second kappa shape index (κ2) is 6.29. The molecule has 4 nitrogen and oxygen atoms in total. The van der Waals surface area contributed by atoms with E-state index in [0.29, 0.717) is 6.04 Å². The summed E-state index contributed by atoms with van der Waals surface area (Å²) in [6.45, 7) is 11.2. The summed E-state index contributed by atoms with van der Waals surface area (Å²) in [6.07, 6.45) is 4.59. The first-order valence-corrected chi connectivity index (χ1v) is 7.97. The Balaban J connectivity index is 1.56. The van der Waals surface area contributed by atoms with E-state index in [9.17, 15) is 0 Å². The molecule has 0 saturated carbocycles. The molecule has 112 valence electrons. The van der Waals surface area contributed by atoms with Gasteiger partial charge in [0.25, 0.3) is 0 Å². The molecule has 2 fully saturated rings. The first kappa shape index (κ1) is 14.1. The van der Waals surface area contributed by atoms with E-state index < -0.39 is 0 Å². The van der Waals surface area contributed by atoms with E-state index in [2.05, 4.69) is 35.0 Å². The minimum absolute atomic E-state index is 0.495. The van der Waals surface area contributed by atoms with Crippen LogP contribution in [0.15, 0.2) is 16.7 Å². The van der Waals surface area contributed by atoms with Crippen molar-refractivity contribution in [1.29, 1.82) is 0 Å². The van der Waals surface area contributed by atoms with Gasteiger partial charge >= 0.3 is 0 Å². The molecule has 0 spiro atoms. The second-order valence-corrected chi connectivity index (χ2v) is 6.47. The van der Waals surface area contributed by atoms with E-state index in [1.165, 1.54) is 44.6 Å². The third-order valence-corrected chi connectivity index (χ3v) is 4.57. The number of rotatable bonds is 5. The van der Waals surface area contributed by atoms with Crippen molar-refractivity contribution in [1.82, 2.24) is 15.1 Å². The minimum atomic E-state index is 0.495. The Morgan fingerprint density at radius 3 is 3.10 bits per heavy atom. The van der Waals surface area contributed by atoms with Crippen LogP contribution >= 0.6 is 0 Å². The molecule has 1 N–H and O–H groups in total. The third kappa shape index (κ3) is 3.25. The fraction of sp³-hybridized carbons (Fsp3) is 0.750. The van der Waals surface area contributed by atoms with Gasteiger partial charge in [-0.25, -0.2) is 0 Å². The molecule has 2 aliphatic heterocycles. The molecule has 0 amide bonds. The van der Waals surface area contributed by atoms with Crippen LogP contribution in [0.2, 0.25) is 0 Å². The average Bonchev–Trinajstić information content (AvgIpc) is 3.04. The van der Waals surface area contributed by atoms with Gasteiger partial charge in [0.15, 0.2) is 0 Å². The number of furan rings is 1. The normalized spacial score (nSPS) is 24.4. The van der Waals surface area contributed by atoms with Crippen molar-refractivity contribution in [2.24, 2.45) is 0 Å². The summed E-state index contributed by atoms with van der Waals surface area (Å²) in [4.78, 5) is 5.25. The van der Waals surface area contributed by atoms with E-state index in [-0.39, 0.29) is 0 Å². The zero-order valence-electron chi connectivity index (χ0n) is 12.8. The molecule has 2 aliphatic rings. The molecular formula is C16H27N3O. The van der Waals surface area contributed by atoms with E-state index in [1.807, 2.05) is 6.26 Å². The summed E-state index contributed by atoms with van der Waals surface area (Å²) in [5.41, 5.74) is 1.35. The third-order valence-electron chi connectivity index (χ3n) is 4.57. The van der Waals surface area contributed by atoms with Crippen molar-refractivity contribution in [2.45, 2.75) is 51.9 Å². The number of hydrogen-bond acceptors (Lipinski definition) is 4. The highest BCUT2D eigenvalue weighted by atomic mass is 16.3. The molecule has 0 radical (unpaired) electrons. The number of fused-ring (bicyclic) bond motifs is 1. The maximum atomic E-state index is 5.64. The van der Waals surface area contributed by atoms with Gasteiger partial charge in [0.2, 0.25) is 0 Å². The van der Waals surface area contributed by atoms with Gasteiger partial charge in [0.05, 0.1) is 12.8 Å². The van der Waals surface area contributed by atoms with Crippen LogP contribution in [-0.2, 0) is 13.1 Å². The monoisotopic (exact) mass is 277 g/mol. The highest BCUT2D eigenvalue weighted by Gasteiger charge is 2.30. The lowest BCUT2D eigenvalue weighted by atomic mass is 10.1. The lowest BCUT2D eigenvalue weighted by molar-refractivity contribution is 0.0989. The molecule has 3 heterocycles. The number of hydrogen-bond donors (Lipinski definition) is 1. The Hall–Kier alpha value is -0.840. The maximum Gasteiger partial charge on any atom is 0.122 e. The summed E-state index contributed by atoms with van der Waals surface area (Å²) < 4.78 is 5.64. The molecule has 1 unspecified atom stereocenters. The van der Waals surface area contributed by atoms with Gasteiger partial charge in [-0.05, 0) is 25.5 Å². The quantitative estimate of drug-likeness (QED) is 0.893. The van der Waals surface area contributed by atoms with Gasteiger partial charge in [-0.2, -0.15) is 0 Å². The van der Waals surface area contributed by atoms with E-state index >= 15 is 0 Å². The standard InChI is InChI=1S/C16H27N3O/c1-13(2)17-10-16-14(5-9-20-16)11-18-7-8-19-6-3-4-15(19)12-18/h5,9,13,15,17H,3-4,6-8,10-12H2,1-2H3. The first-order valence-electron chi connectivity index (χ1n) is 7.97. The van der Waals surface area contributed by atoms with Crippen LogP contribution in [0.5, 0.6) is 0 Å². The van der Waals surface area contributed by atoms with E-state index in [0.717, 1.165) is 24.9 Å². The largest absolute Gasteiger partial charge is 0.468 e. The van der Waals surface area contributed by atoms with Crippen molar-refractivity contribution in [2.75, 3.05) is 26.2 Å². The molecule has 0 aliphatic carbocycles. The molecule has 1 atom stereocenters. The Bertz CT molecular complexity index is 429. The highest BCUT2D eigenvalue weighted by molar-refractivity contribution is 5.17. The molecule has 1 aromatic heterocycles. The van der Waals surface area contributed by atoms with Crippen molar-refractivity contribution in [3.8, 4) is 0 Å². The second-order valence-electron chi connectivity index (χ2n) is 6.47. The highest BCUT2D eigenvalue weighted by Crippen LogP contribution is 2.23. The fourth-order valence-corrected chi connectivity index (χ4v) is 3.40. The number of nitrogens with one attached hydrogen (secondary N) is 1. The van der Waals surface area contributed by atoms with E-state index in [1.54, 1.807) is 0 Å². The topological polar surface area (TPSA) is 31.7 Å². The molecular weight excluding hydrogens is 250 g/mol. The zero-order chi connectivity index (χ0) is 13.9. The van der Waals surface area contributed by atoms with Crippen LogP contribution in [0.25, 0.3) is 0 Å². The Morgan fingerprint density at radius 2 is 2.25 bits per heavy atom. The van der Waals surface area contributed by atoms with Crippen LogP contribution in [0.1, 0.15) is 38.0 Å². The average molecular weight is 277 g/mol. The fourth-order valence-electron chi connectivity index (χ4n) is 3.40. The smallest absolute Gasteiger partial charge is 0.122 e. The first-order chi connectivity index (χ1) is 9.72. The van der Waals surface area contributed by atoms with Gasteiger partial charge in [-0.15, -0.1) is 0 Å². The maximum absolute atomic E-state index is 5.64. The van der Waals surface area contributed by atoms with Crippen LogP contribution in [0.4, 0.5) is 0 Å². The molecule has 1 aromatic rings. The van der Waals surface area contributed by atoms with Crippen molar-refractivity contribution in [3.05, 3.63) is 23.7 Å². The molecule has 4 heteroatoms. The van der Waals surface area contributed by atoms with Crippen LogP contribution in [-0.4, -0.2) is 48.1 Å². The Morgan fingerprint density at radius 1 is 1.35 bits per heavy atom. The molecule has 20 heavy (non-hydrogen) atoms. The lowest BCUT2D eigenvalue weighted by Gasteiger charge is -2.37. The predicted octanol–water partition coefficient (Wildman–Crippen LogP) is 2.06. The predicted molar refractivity (Wildman–Crippen MR) is 80.6 cm³/mol. The summed E-state index contributed by atoms with van der Waals surface area (Å²) in [5, 5.41) is 3.44. The SMILES string of the molecule is CC(C)NCc1occc1CN1CCN2CCCC2C1. The van der Waals surface area contributed by atoms with Gasteiger partial charge in [-0.1, -0.05) is 13.8 Å². The lowest BCUT2D eigenvalue weighted by Crippen LogP contribution is -2.49. The van der Waals surface area contributed by atoms with Crippen LogP contribution in [0, 0.1) is 0 Å². The van der Waals surface area contributed by atoms with Gasteiger partial charge < -0.3 is 9.73 Å². The molecule has 2 saturated heterocycles. The number of nitrogens with zero attached hydrogens (tertiary/aromatic N) is 2. The van der Waals surface area contributed by atoms with Crippen molar-refractivity contribution < 1.29 is 4.42 Å². The Kier molecular flexibility index (Phi) is 4.44. The molecule has 3 rings (SSSR count). The summed E-state index contributed by atoms with van der Waals surface area (Å²) >= 11 is 0. The molecule has 0 aromatic carbocycles. The number of piperazine rings is 1. The van der Waals surface area contributed by atoms with Crippen molar-refractivity contribution >= 4 is 0 Å². The Labute approximate surface area is 122 Å². The van der Waals surface area contributed by atoms with Gasteiger partial charge in [-0.3, -0.25) is 9.80 Å². The minimum Gasteiger partial charge on any atom is -0.468 e. The summed E-state index contributed by atoms with van der Waals surface area (Å²) in [5.74, 6) is 1.10. The van der Waals surface area contributed by atoms with Crippen LogP contribution in [0.3, 0.4) is 0 Å². The molecule has 0 bridgehead atoms.